The van der Waals surface area contributed by atoms with Gasteiger partial charge in [-0.25, -0.2) is 0 Å². The molecular weight excluding hydrogens is 239 g/mol. The van der Waals surface area contributed by atoms with Crippen molar-refractivity contribution in [3.8, 4) is 0 Å². The van der Waals surface area contributed by atoms with Gasteiger partial charge in [-0.15, -0.1) is 0 Å². The van der Waals surface area contributed by atoms with Crippen LogP contribution in [-0.4, -0.2) is 42.5 Å². The summed E-state index contributed by atoms with van der Waals surface area (Å²) in [6.45, 7) is 2.22. The van der Waals surface area contributed by atoms with E-state index in [4.69, 9.17) is 15.7 Å². The van der Waals surface area contributed by atoms with E-state index in [1.165, 1.54) is 0 Å². The normalized spacial score (nSPS) is 28.4. The minimum Gasteiger partial charge on any atom is -0.409 e. The number of ether oxygens (including phenoxy) is 1. The molecule has 17 heavy (non-hydrogen) atoms. The van der Waals surface area contributed by atoms with Crippen LogP contribution in [0.3, 0.4) is 0 Å². The van der Waals surface area contributed by atoms with Gasteiger partial charge < -0.3 is 21.0 Å². The van der Waals surface area contributed by atoms with Gasteiger partial charge in [0.1, 0.15) is 5.92 Å². The van der Waals surface area contributed by atoms with Gasteiger partial charge in [-0.05, 0) is 13.3 Å². The first-order valence-electron chi connectivity index (χ1n) is 5.15. The molecule has 8 heteroatoms. The summed E-state index contributed by atoms with van der Waals surface area (Å²) < 4.78 is 42.9. The third-order valence-electron chi connectivity index (χ3n) is 2.82. The van der Waals surface area contributed by atoms with Crippen LogP contribution < -0.4 is 11.1 Å². The Morgan fingerprint density at radius 1 is 1.65 bits per heavy atom. The Kier molecular flexibility index (Phi) is 4.21. The van der Waals surface area contributed by atoms with Crippen molar-refractivity contribution in [1.29, 1.82) is 0 Å². The average Bonchev–Trinajstić information content (AvgIpc) is 2.63. The molecule has 1 aliphatic rings. The number of nitrogens with one attached hydrogen (secondary N) is 1. The molecule has 0 aromatic carbocycles. The number of oxime groups is 1. The zero-order valence-electron chi connectivity index (χ0n) is 9.42. The maximum absolute atomic E-state index is 12.6. The standard InChI is InChI=1S/C9H16F3N3O2/c1-8(2-3-17-5-8)14-4-6(7(13)15-16)9(10,11)12/h6,14,16H,2-5H2,1H3,(H2,13,15). The maximum Gasteiger partial charge on any atom is 0.400 e. The van der Waals surface area contributed by atoms with E-state index < -0.39 is 30.0 Å². The van der Waals surface area contributed by atoms with Crippen molar-refractivity contribution < 1.29 is 23.1 Å². The quantitative estimate of drug-likeness (QED) is 0.299. The van der Waals surface area contributed by atoms with Crippen molar-refractivity contribution in [2.75, 3.05) is 19.8 Å². The van der Waals surface area contributed by atoms with Gasteiger partial charge in [-0.1, -0.05) is 5.16 Å². The molecule has 1 rings (SSSR count). The molecule has 0 saturated carbocycles. The molecule has 0 amide bonds. The Hall–Kier alpha value is -1.02. The number of hydrogen-bond acceptors (Lipinski definition) is 4. The molecule has 0 spiro atoms. The molecule has 1 saturated heterocycles. The third kappa shape index (κ3) is 3.74. The van der Waals surface area contributed by atoms with Gasteiger partial charge in [0, 0.05) is 18.7 Å². The predicted octanol–water partition coefficient (Wildman–Crippen LogP) is 0.680. The molecule has 0 aliphatic carbocycles. The van der Waals surface area contributed by atoms with Crippen LogP contribution in [0.25, 0.3) is 0 Å². The Balaban J connectivity index is 2.62. The molecule has 1 aliphatic heterocycles. The van der Waals surface area contributed by atoms with E-state index in [0.717, 1.165) is 0 Å². The van der Waals surface area contributed by atoms with Crippen molar-refractivity contribution in [2.24, 2.45) is 16.8 Å². The molecule has 2 unspecified atom stereocenters. The molecule has 0 aromatic heterocycles. The second-order valence-electron chi connectivity index (χ2n) is 4.36. The number of nitrogens with zero attached hydrogens (tertiary/aromatic N) is 1. The fourth-order valence-corrected chi connectivity index (χ4v) is 1.61. The molecule has 1 heterocycles. The summed E-state index contributed by atoms with van der Waals surface area (Å²) >= 11 is 0. The molecule has 0 radical (unpaired) electrons. The summed E-state index contributed by atoms with van der Waals surface area (Å²) in [5.41, 5.74) is 4.55. The van der Waals surface area contributed by atoms with Gasteiger partial charge >= 0.3 is 6.18 Å². The van der Waals surface area contributed by atoms with E-state index in [1.807, 2.05) is 0 Å². The van der Waals surface area contributed by atoms with E-state index in [1.54, 1.807) is 6.92 Å². The van der Waals surface area contributed by atoms with Crippen molar-refractivity contribution in [1.82, 2.24) is 5.32 Å². The van der Waals surface area contributed by atoms with Gasteiger partial charge in [0.05, 0.1) is 6.61 Å². The van der Waals surface area contributed by atoms with Gasteiger partial charge in [-0.2, -0.15) is 13.2 Å². The number of rotatable bonds is 4. The van der Waals surface area contributed by atoms with Crippen LogP contribution in [0.1, 0.15) is 13.3 Å². The average molecular weight is 255 g/mol. The summed E-state index contributed by atoms with van der Waals surface area (Å²) in [6, 6.07) is 0. The molecule has 1 fully saturated rings. The van der Waals surface area contributed by atoms with Crippen LogP contribution in [0.4, 0.5) is 13.2 Å². The Morgan fingerprint density at radius 2 is 2.29 bits per heavy atom. The highest BCUT2D eigenvalue weighted by Crippen LogP contribution is 2.27. The van der Waals surface area contributed by atoms with Gasteiger partial charge in [0.15, 0.2) is 5.84 Å². The summed E-state index contributed by atoms with van der Waals surface area (Å²) in [7, 11) is 0. The first-order chi connectivity index (χ1) is 7.78. The summed E-state index contributed by atoms with van der Waals surface area (Å²) in [6.07, 6.45) is -3.91. The van der Waals surface area contributed by atoms with Gasteiger partial charge in [0.2, 0.25) is 0 Å². The number of nitrogens with two attached hydrogens (primary N) is 1. The van der Waals surface area contributed by atoms with Crippen LogP contribution in [-0.2, 0) is 4.74 Å². The highest BCUT2D eigenvalue weighted by atomic mass is 19.4. The van der Waals surface area contributed by atoms with Crippen molar-refractivity contribution >= 4 is 5.84 Å². The zero-order chi connectivity index (χ0) is 13.1. The highest BCUT2D eigenvalue weighted by Gasteiger charge is 2.44. The van der Waals surface area contributed by atoms with E-state index in [2.05, 4.69) is 10.5 Å². The predicted molar refractivity (Wildman–Crippen MR) is 54.8 cm³/mol. The van der Waals surface area contributed by atoms with Crippen LogP contribution in [0.5, 0.6) is 0 Å². The zero-order valence-corrected chi connectivity index (χ0v) is 9.42. The van der Waals surface area contributed by atoms with Gasteiger partial charge in [-0.3, -0.25) is 0 Å². The van der Waals surface area contributed by atoms with Gasteiger partial charge in [0.25, 0.3) is 0 Å². The number of hydrogen-bond donors (Lipinski definition) is 3. The molecule has 4 N–H and O–H groups in total. The third-order valence-corrected chi connectivity index (χ3v) is 2.82. The van der Waals surface area contributed by atoms with E-state index >= 15 is 0 Å². The minimum atomic E-state index is -4.54. The molecule has 100 valence electrons. The second kappa shape index (κ2) is 5.09. The molecular formula is C9H16F3N3O2. The lowest BCUT2D eigenvalue weighted by Gasteiger charge is -2.27. The van der Waals surface area contributed by atoms with E-state index in [9.17, 15) is 13.2 Å². The topological polar surface area (TPSA) is 79.9 Å². The van der Waals surface area contributed by atoms with E-state index in [0.29, 0.717) is 19.6 Å². The number of halogens is 3. The fraction of sp³-hybridized carbons (Fsp3) is 0.889. The smallest absolute Gasteiger partial charge is 0.400 e. The van der Waals surface area contributed by atoms with Crippen molar-refractivity contribution in [3.63, 3.8) is 0 Å². The van der Waals surface area contributed by atoms with Crippen LogP contribution >= 0.6 is 0 Å². The summed E-state index contributed by atoms with van der Waals surface area (Å²) in [4.78, 5) is 0. The summed E-state index contributed by atoms with van der Waals surface area (Å²) in [5, 5.41) is 13.5. The largest absolute Gasteiger partial charge is 0.409 e. The first-order valence-corrected chi connectivity index (χ1v) is 5.15. The SMILES string of the molecule is CC1(NCC(C(N)=NO)C(F)(F)F)CCOC1. The maximum atomic E-state index is 12.6. The Bertz CT molecular complexity index is 288. The Labute approximate surface area is 96.8 Å². The van der Waals surface area contributed by atoms with Crippen molar-refractivity contribution in [2.45, 2.75) is 25.1 Å². The Morgan fingerprint density at radius 3 is 2.71 bits per heavy atom. The van der Waals surface area contributed by atoms with Crippen LogP contribution in [0, 0.1) is 5.92 Å². The van der Waals surface area contributed by atoms with E-state index in [-0.39, 0.29) is 0 Å². The molecule has 2 atom stereocenters. The monoisotopic (exact) mass is 255 g/mol. The number of amidine groups is 1. The molecule has 0 aromatic rings. The number of alkyl halides is 3. The molecule has 5 nitrogen and oxygen atoms in total. The highest BCUT2D eigenvalue weighted by molar-refractivity contribution is 5.83. The minimum absolute atomic E-state index is 0.355. The lowest BCUT2D eigenvalue weighted by molar-refractivity contribution is -0.155. The fourth-order valence-electron chi connectivity index (χ4n) is 1.61. The van der Waals surface area contributed by atoms with Crippen LogP contribution in [0.2, 0.25) is 0 Å². The molecule has 0 bridgehead atoms. The second-order valence-corrected chi connectivity index (χ2v) is 4.36. The van der Waals surface area contributed by atoms with Crippen molar-refractivity contribution in [3.05, 3.63) is 0 Å². The van der Waals surface area contributed by atoms with Crippen LogP contribution in [0.15, 0.2) is 5.16 Å². The first kappa shape index (κ1) is 14.0. The lowest BCUT2D eigenvalue weighted by Crippen LogP contribution is -2.50. The lowest BCUT2D eigenvalue weighted by atomic mass is 9.99. The summed E-state index contributed by atoms with van der Waals surface area (Å²) in [5.74, 6) is -2.84.